The maximum absolute atomic E-state index is 13.8. The number of nitrogens with one attached hydrogen (secondary N) is 1. The summed E-state index contributed by atoms with van der Waals surface area (Å²) in [6.07, 6.45) is 0. The van der Waals surface area contributed by atoms with Crippen LogP contribution in [0.4, 0.5) is 11.4 Å². The summed E-state index contributed by atoms with van der Waals surface area (Å²) in [4.78, 5) is 40.6. The van der Waals surface area contributed by atoms with E-state index in [4.69, 9.17) is 0 Å². The Morgan fingerprint density at radius 3 is 1.88 bits per heavy atom. The Kier molecular flexibility index (Phi) is 5.51. The van der Waals surface area contributed by atoms with Gasteiger partial charge in [-0.15, -0.1) is 0 Å². The number of pyridine rings is 1. The lowest BCUT2D eigenvalue weighted by atomic mass is 10.2. The molecular formula is C26H19BrN4O3. The third-order valence-corrected chi connectivity index (χ3v) is 6.10. The van der Waals surface area contributed by atoms with Crippen molar-refractivity contribution in [3.8, 4) is 11.4 Å². The van der Waals surface area contributed by atoms with Gasteiger partial charge in [0, 0.05) is 23.3 Å². The van der Waals surface area contributed by atoms with Crippen molar-refractivity contribution in [2.75, 3.05) is 5.32 Å². The fraction of sp³-hybridized carbons (Fsp3) is 0.0385. The SMILES string of the molecule is Cn1c(=O)cc(Nc2ccc(Br)cc2)c2c(=O)n(-c3ccccc3)c(=O)n(-c3ccccc3)c21. The highest BCUT2D eigenvalue weighted by Crippen LogP contribution is 2.24. The monoisotopic (exact) mass is 514 g/mol. The Bertz CT molecular complexity index is 1690. The number of hydrogen-bond donors (Lipinski definition) is 1. The minimum Gasteiger partial charge on any atom is -0.355 e. The van der Waals surface area contributed by atoms with E-state index in [1.807, 2.05) is 36.4 Å². The Balaban J connectivity index is 1.95. The first-order valence-corrected chi connectivity index (χ1v) is 11.3. The smallest absolute Gasteiger partial charge is 0.341 e. The van der Waals surface area contributed by atoms with E-state index in [1.54, 1.807) is 55.6 Å². The molecule has 0 amide bonds. The van der Waals surface area contributed by atoms with Crippen LogP contribution in [0.15, 0.2) is 110 Å². The number of rotatable bonds is 4. The summed E-state index contributed by atoms with van der Waals surface area (Å²) in [7, 11) is 1.55. The van der Waals surface area contributed by atoms with Crippen LogP contribution in [0.1, 0.15) is 0 Å². The average molecular weight is 515 g/mol. The van der Waals surface area contributed by atoms with E-state index in [0.29, 0.717) is 22.7 Å². The maximum atomic E-state index is 13.8. The molecule has 0 aliphatic heterocycles. The van der Waals surface area contributed by atoms with Gasteiger partial charge in [0.25, 0.3) is 11.1 Å². The minimum absolute atomic E-state index is 0.209. The normalized spacial score (nSPS) is 11.0. The second kappa shape index (κ2) is 8.64. The van der Waals surface area contributed by atoms with Crippen LogP contribution in [-0.4, -0.2) is 13.7 Å². The van der Waals surface area contributed by atoms with Crippen molar-refractivity contribution in [2.24, 2.45) is 7.05 Å². The molecule has 34 heavy (non-hydrogen) atoms. The van der Waals surface area contributed by atoms with Crippen molar-refractivity contribution in [3.05, 3.63) is 127 Å². The van der Waals surface area contributed by atoms with Crippen molar-refractivity contribution < 1.29 is 0 Å². The van der Waals surface area contributed by atoms with Crippen molar-refractivity contribution in [3.63, 3.8) is 0 Å². The van der Waals surface area contributed by atoms with Crippen LogP contribution in [-0.2, 0) is 7.05 Å². The second-order valence-electron chi connectivity index (χ2n) is 7.72. The molecule has 0 unspecified atom stereocenters. The molecule has 0 radical (unpaired) electrons. The fourth-order valence-corrected chi connectivity index (χ4v) is 4.21. The number of halogens is 1. The second-order valence-corrected chi connectivity index (χ2v) is 8.63. The molecule has 0 bridgehead atoms. The predicted octanol–water partition coefficient (Wildman–Crippen LogP) is 4.35. The molecule has 5 rings (SSSR count). The van der Waals surface area contributed by atoms with Crippen LogP contribution in [0.5, 0.6) is 0 Å². The molecule has 2 aromatic heterocycles. The first kappa shape index (κ1) is 21.7. The molecule has 0 saturated carbocycles. The van der Waals surface area contributed by atoms with Crippen LogP contribution in [0.3, 0.4) is 0 Å². The zero-order valence-electron chi connectivity index (χ0n) is 18.1. The van der Waals surface area contributed by atoms with E-state index >= 15 is 0 Å². The van der Waals surface area contributed by atoms with E-state index < -0.39 is 11.2 Å². The predicted molar refractivity (Wildman–Crippen MR) is 138 cm³/mol. The van der Waals surface area contributed by atoms with Crippen molar-refractivity contribution >= 4 is 38.3 Å². The lowest BCUT2D eigenvalue weighted by Gasteiger charge is -2.19. The Morgan fingerprint density at radius 1 is 0.735 bits per heavy atom. The number of aromatic nitrogens is 3. The van der Waals surface area contributed by atoms with E-state index in [-0.39, 0.29) is 16.6 Å². The van der Waals surface area contributed by atoms with Gasteiger partial charge in [-0.05, 0) is 48.5 Å². The third kappa shape index (κ3) is 3.68. The topological polar surface area (TPSA) is 78.0 Å². The molecule has 0 fully saturated rings. The summed E-state index contributed by atoms with van der Waals surface area (Å²) in [6.45, 7) is 0. The lowest BCUT2D eigenvalue weighted by molar-refractivity contribution is 0.784. The molecule has 0 aliphatic rings. The summed E-state index contributed by atoms with van der Waals surface area (Å²) in [5.41, 5.74) is 0.763. The van der Waals surface area contributed by atoms with Gasteiger partial charge in [0.05, 0.1) is 17.1 Å². The van der Waals surface area contributed by atoms with Gasteiger partial charge in [-0.3, -0.25) is 14.2 Å². The van der Waals surface area contributed by atoms with Gasteiger partial charge in [-0.2, -0.15) is 0 Å². The van der Waals surface area contributed by atoms with Crippen molar-refractivity contribution in [2.45, 2.75) is 0 Å². The molecule has 168 valence electrons. The Hall–Kier alpha value is -4.17. The number of hydrogen-bond acceptors (Lipinski definition) is 4. The van der Waals surface area contributed by atoms with Gasteiger partial charge in [0.15, 0.2) is 0 Å². The van der Waals surface area contributed by atoms with Crippen LogP contribution < -0.4 is 22.1 Å². The maximum Gasteiger partial charge on any atom is 0.341 e. The highest BCUT2D eigenvalue weighted by atomic mass is 79.9. The Morgan fingerprint density at radius 2 is 1.29 bits per heavy atom. The molecule has 0 spiro atoms. The molecule has 0 saturated heterocycles. The van der Waals surface area contributed by atoms with Gasteiger partial charge in [0.2, 0.25) is 0 Å². The molecular weight excluding hydrogens is 496 g/mol. The van der Waals surface area contributed by atoms with Crippen LogP contribution in [0.25, 0.3) is 22.4 Å². The standard InChI is InChI=1S/C26H19BrN4O3/c1-29-22(32)16-21(28-18-14-12-17(27)13-15-18)23-24(29)30(19-8-4-2-5-9-19)26(34)31(25(23)33)20-10-6-3-7-11-20/h2-16,28H,1H3. The first-order chi connectivity index (χ1) is 16.5. The summed E-state index contributed by atoms with van der Waals surface area (Å²) in [5.74, 6) is 0. The number of para-hydroxylation sites is 2. The van der Waals surface area contributed by atoms with Crippen molar-refractivity contribution in [1.82, 2.24) is 13.7 Å². The first-order valence-electron chi connectivity index (χ1n) is 10.5. The van der Waals surface area contributed by atoms with Gasteiger partial charge < -0.3 is 5.32 Å². The zero-order valence-corrected chi connectivity index (χ0v) is 19.7. The van der Waals surface area contributed by atoms with Gasteiger partial charge in [0.1, 0.15) is 11.0 Å². The van der Waals surface area contributed by atoms with Gasteiger partial charge >= 0.3 is 5.69 Å². The number of benzene rings is 3. The summed E-state index contributed by atoms with van der Waals surface area (Å²) < 4.78 is 4.76. The Labute approximate surface area is 202 Å². The molecule has 8 heteroatoms. The molecule has 1 N–H and O–H groups in total. The highest BCUT2D eigenvalue weighted by Gasteiger charge is 2.21. The van der Waals surface area contributed by atoms with Crippen molar-refractivity contribution in [1.29, 1.82) is 0 Å². The molecule has 3 aromatic carbocycles. The molecule has 0 aliphatic carbocycles. The zero-order chi connectivity index (χ0) is 23.8. The third-order valence-electron chi connectivity index (χ3n) is 5.57. The quantitative estimate of drug-likeness (QED) is 0.386. The molecule has 7 nitrogen and oxygen atoms in total. The number of fused-ring (bicyclic) bond motifs is 1. The number of nitrogens with zero attached hydrogens (tertiary/aromatic N) is 3. The van der Waals surface area contributed by atoms with Gasteiger partial charge in [-0.25, -0.2) is 13.9 Å². The van der Waals surface area contributed by atoms with E-state index in [9.17, 15) is 14.4 Å². The fourth-order valence-electron chi connectivity index (χ4n) is 3.95. The van der Waals surface area contributed by atoms with Crippen LogP contribution in [0.2, 0.25) is 0 Å². The van der Waals surface area contributed by atoms with E-state index in [2.05, 4.69) is 21.2 Å². The van der Waals surface area contributed by atoms with Crippen LogP contribution in [0, 0.1) is 0 Å². The average Bonchev–Trinajstić information content (AvgIpc) is 2.85. The highest BCUT2D eigenvalue weighted by molar-refractivity contribution is 9.10. The summed E-state index contributed by atoms with van der Waals surface area (Å²) >= 11 is 3.41. The number of aryl methyl sites for hydroxylation is 1. The van der Waals surface area contributed by atoms with Gasteiger partial charge in [-0.1, -0.05) is 52.3 Å². The molecule has 5 aromatic rings. The summed E-state index contributed by atoms with van der Waals surface area (Å²) in [5, 5.41) is 3.42. The molecule has 2 heterocycles. The van der Waals surface area contributed by atoms with Crippen LogP contribution >= 0.6 is 15.9 Å². The summed E-state index contributed by atoms with van der Waals surface area (Å²) in [6, 6.07) is 26.5. The van der Waals surface area contributed by atoms with E-state index in [0.717, 1.165) is 9.04 Å². The number of anilines is 2. The molecule has 0 atom stereocenters. The minimum atomic E-state index is -0.564. The largest absolute Gasteiger partial charge is 0.355 e. The lowest BCUT2D eigenvalue weighted by Crippen LogP contribution is -2.40. The van der Waals surface area contributed by atoms with E-state index in [1.165, 1.54) is 15.2 Å².